The van der Waals surface area contributed by atoms with E-state index in [9.17, 15) is 9.90 Å². The van der Waals surface area contributed by atoms with Gasteiger partial charge in [-0.2, -0.15) is 0 Å². The van der Waals surface area contributed by atoms with E-state index >= 15 is 0 Å². The van der Waals surface area contributed by atoms with Crippen molar-refractivity contribution in [3.63, 3.8) is 0 Å². The predicted molar refractivity (Wildman–Crippen MR) is 75.6 cm³/mol. The minimum absolute atomic E-state index is 0.320. The Morgan fingerprint density at radius 2 is 1.95 bits per heavy atom. The van der Waals surface area contributed by atoms with Crippen molar-refractivity contribution < 1.29 is 9.90 Å². The lowest BCUT2D eigenvalue weighted by atomic mass is 9.79. The fourth-order valence-electron chi connectivity index (χ4n) is 2.39. The van der Waals surface area contributed by atoms with Crippen molar-refractivity contribution in [1.29, 1.82) is 0 Å². The maximum absolute atomic E-state index is 11.8. The van der Waals surface area contributed by atoms with Crippen LogP contribution in [-0.2, 0) is 23.2 Å². The Labute approximate surface area is 118 Å². The molecule has 0 saturated heterocycles. The summed E-state index contributed by atoms with van der Waals surface area (Å²) in [6.07, 6.45) is 0.320. The lowest BCUT2D eigenvalue weighted by Gasteiger charge is -2.25. The van der Waals surface area contributed by atoms with Crippen molar-refractivity contribution in [1.82, 2.24) is 14.8 Å². The highest BCUT2D eigenvalue weighted by molar-refractivity contribution is 5.81. The van der Waals surface area contributed by atoms with Crippen LogP contribution in [0.4, 0.5) is 0 Å². The van der Waals surface area contributed by atoms with Gasteiger partial charge in [-0.3, -0.25) is 4.79 Å². The minimum Gasteiger partial charge on any atom is -0.481 e. The average molecular weight is 273 g/mol. The Hall–Kier alpha value is -2.17. The normalized spacial score (nSPS) is 13.9. The molecule has 1 aromatic heterocycles. The summed E-state index contributed by atoms with van der Waals surface area (Å²) in [6, 6.07) is 9.27. The van der Waals surface area contributed by atoms with E-state index < -0.39 is 11.4 Å². The predicted octanol–water partition coefficient (Wildman–Crippen LogP) is 2.19. The molecule has 0 spiro atoms. The van der Waals surface area contributed by atoms with Gasteiger partial charge in [-0.1, -0.05) is 30.3 Å². The number of hydrogen-bond donors (Lipinski definition) is 1. The third kappa shape index (κ3) is 2.43. The zero-order valence-electron chi connectivity index (χ0n) is 12.0. The second kappa shape index (κ2) is 5.45. The van der Waals surface area contributed by atoms with Gasteiger partial charge < -0.3 is 9.67 Å². The molecule has 106 valence electrons. The lowest BCUT2D eigenvalue weighted by Crippen LogP contribution is -2.35. The van der Waals surface area contributed by atoms with E-state index in [-0.39, 0.29) is 0 Å². The van der Waals surface area contributed by atoms with Crippen LogP contribution in [0.3, 0.4) is 0 Å². The van der Waals surface area contributed by atoms with Gasteiger partial charge in [-0.15, -0.1) is 10.2 Å². The van der Waals surface area contributed by atoms with E-state index in [0.717, 1.165) is 17.9 Å². The van der Waals surface area contributed by atoms with Crippen LogP contribution in [0.25, 0.3) is 0 Å². The van der Waals surface area contributed by atoms with Crippen LogP contribution >= 0.6 is 0 Å². The summed E-state index contributed by atoms with van der Waals surface area (Å²) in [7, 11) is 0. The molecule has 1 heterocycles. The van der Waals surface area contributed by atoms with Gasteiger partial charge in [0.2, 0.25) is 0 Å². The number of aryl methyl sites for hydroxylation is 1. The maximum atomic E-state index is 11.8. The van der Waals surface area contributed by atoms with Crippen LogP contribution in [-0.4, -0.2) is 25.8 Å². The van der Waals surface area contributed by atoms with E-state index in [1.165, 1.54) is 0 Å². The van der Waals surface area contributed by atoms with E-state index in [1.54, 1.807) is 6.92 Å². The van der Waals surface area contributed by atoms with Crippen LogP contribution in [0.2, 0.25) is 0 Å². The SMILES string of the molecule is CCn1c(C)nnc1CC(C)(C(=O)O)c1ccccc1. The number of aromatic nitrogens is 3. The molecule has 20 heavy (non-hydrogen) atoms. The smallest absolute Gasteiger partial charge is 0.314 e. The molecular formula is C15H19N3O2. The van der Waals surface area contributed by atoms with E-state index in [4.69, 9.17) is 0 Å². The molecule has 0 amide bonds. The van der Waals surface area contributed by atoms with Gasteiger partial charge in [0, 0.05) is 13.0 Å². The lowest BCUT2D eigenvalue weighted by molar-refractivity contribution is -0.143. The molecule has 5 nitrogen and oxygen atoms in total. The summed E-state index contributed by atoms with van der Waals surface area (Å²) >= 11 is 0. The number of rotatable bonds is 5. The fraction of sp³-hybridized carbons (Fsp3) is 0.400. The molecule has 1 aromatic carbocycles. The molecule has 1 N–H and O–H groups in total. The molecule has 0 fully saturated rings. The zero-order chi connectivity index (χ0) is 14.8. The number of benzene rings is 1. The van der Waals surface area contributed by atoms with Crippen LogP contribution < -0.4 is 0 Å². The summed E-state index contributed by atoms with van der Waals surface area (Å²) in [5.74, 6) is 0.661. The summed E-state index contributed by atoms with van der Waals surface area (Å²) in [4.78, 5) is 11.8. The Balaban J connectivity index is 2.42. The van der Waals surface area contributed by atoms with Crippen molar-refractivity contribution in [2.75, 3.05) is 0 Å². The monoisotopic (exact) mass is 273 g/mol. The minimum atomic E-state index is -1.01. The maximum Gasteiger partial charge on any atom is 0.314 e. The third-order valence-corrected chi connectivity index (χ3v) is 3.72. The molecular weight excluding hydrogens is 254 g/mol. The number of carboxylic acids is 1. The number of carboxylic acid groups (broad SMARTS) is 1. The Kier molecular flexibility index (Phi) is 3.88. The molecule has 2 rings (SSSR count). The first-order chi connectivity index (χ1) is 9.49. The van der Waals surface area contributed by atoms with Crippen LogP contribution in [0.15, 0.2) is 30.3 Å². The summed E-state index contributed by atoms with van der Waals surface area (Å²) < 4.78 is 1.95. The van der Waals surface area contributed by atoms with Crippen LogP contribution in [0.5, 0.6) is 0 Å². The molecule has 0 saturated carbocycles. The second-order valence-corrected chi connectivity index (χ2v) is 5.09. The molecule has 1 unspecified atom stereocenters. The second-order valence-electron chi connectivity index (χ2n) is 5.09. The summed E-state index contributed by atoms with van der Waals surface area (Å²) in [5, 5.41) is 17.8. The van der Waals surface area contributed by atoms with Crippen molar-refractivity contribution in [2.45, 2.75) is 39.2 Å². The number of hydrogen-bond acceptors (Lipinski definition) is 3. The molecule has 0 aliphatic rings. The van der Waals surface area contributed by atoms with Gasteiger partial charge in [-0.25, -0.2) is 0 Å². The number of aliphatic carboxylic acids is 1. The van der Waals surface area contributed by atoms with Gasteiger partial charge in [0.05, 0.1) is 5.41 Å². The third-order valence-electron chi connectivity index (χ3n) is 3.72. The largest absolute Gasteiger partial charge is 0.481 e. The summed E-state index contributed by atoms with van der Waals surface area (Å²) in [5.41, 5.74) is -0.232. The molecule has 5 heteroatoms. The molecule has 0 bridgehead atoms. The Bertz CT molecular complexity index is 607. The van der Waals surface area contributed by atoms with Crippen LogP contribution in [0, 0.1) is 6.92 Å². The van der Waals surface area contributed by atoms with E-state index in [1.807, 2.05) is 48.7 Å². The van der Waals surface area contributed by atoms with Crippen molar-refractivity contribution in [3.8, 4) is 0 Å². The summed E-state index contributed by atoms with van der Waals surface area (Å²) in [6.45, 7) is 6.34. The van der Waals surface area contributed by atoms with Crippen molar-refractivity contribution in [3.05, 3.63) is 47.5 Å². The standard InChI is InChI=1S/C15H19N3O2/c1-4-18-11(2)16-17-13(18)10-15(3,14(19)20)12-8-6-5-7-9-12/h5-9H,4,10H2,1-3H3,(H,19,20). The molecule has 2 aromatic rings. The highest BCUT2D eigenvalue weighted by Crippen LogP contribution is 2.28. The first kappa shape index (κ1) is 14.2. The van der Waals surface area contributed by atoms with E-state index in [0.29, 0.717) is 12.2 Å². The molecule has 0 aliphatic carbocycles. The van der Waals surface area contributed by atoms with Gasteiger partial charge in [0.15, 0.2) is 0 Å². The van der Waals surface area contributed by atoms with Gasteiger partial charge in [-0.05, 0) is 26.3 Å². The zero-order valence-corrected chi connectivity index (χ0v) is 12.0. The number of nitrogens with zero attached hydrogens (tertiary/aromatic N) is 3. The van der Waals surface area contributed by atoms with Gasteiger partial charge in [0.1, 0.15) is 11.6 Å². The van der Waals surface area contributed by atoms with Crippen LogP contribution in [0.1, 0.15) is 31.1 Å². The van der Waals surface area contributed by atoms with Gasteiger partial charge in [0.25, 0.3) is 0 Å². The first-order valence-corrected chi connectivity index (χ1v) is 6.66. The van der Waals surface area contributed by atoms with E-state index in [2.05, 4.69) is 10.2 Å². The quantitative estimate of drug-likeness (QED) is 0.906. The molecule has 0 aliphatic heterocycles. The Morgan fingerprint density at radius 1 is 1.30 bits per heavy atom. The molecule has 0 radical (unpaired) electrons. The highest BCUT2D eigenvalue weighted by Gasteiger charge is 2.37. The highest BCUT2D eigenvalue weighted by atomic mass is 16.4. The Morgan fingerprint density at radius 3 is 2.50 bits per heavy atom. The van der Waals surface area contributed by atoms with Gasteiger partial charge >= 0.3 is 5.97 Å². The molecule has 1 atom stereocenters. The number of carbonyl (C=O) groups is 1. The fourth-order valence-corrected chi connectivity index (χ4v) is 2.39. The van der Waals surface area contributed by atoms with Crippen molar-refractivity contribution >= 4 is 5.97 Å². The first-order valence-electron chi connectivity index (χ1n) is 6.66. The topological polar surface area (TPSA) is 68.0 Å². The van der Waals surface area contributed by atoms with Crippen molar-refractivity contribution in [2.24, 2.45) is 0 Å². The average Bonchev–Trinajstić information content (AvgIpc) is 2.79.